The first-order valence-electron chi connectivity index (χ1n) is 10.0. The van der Waals surface area contributed by atoms with E-state index in [-0.39, 0.29) is 19.0 Å². The summed E-state index contributed by atoms with van der Waals surface area (Å²) in [4.78, 5) is 12.6. The smallest absolute Gasteiger partial charge is 0.241 e. The van der Waals surface area contributed by atoms with Gasteiger partial charge in [-0.25, -0.2) is 8.42 Å². The van der Waals surface area contributed by atoms with Gasteiger partial charge in [0.25, 0.3) is 0 Å². The first-order valence-corrected chi connectivity index (χ1v) is 11.9. The third-order valence-electron chi connectivity index (χ3n) is 5.24. The topological polar surface area (TPSA) is 84.3 Å². The molecule has 0 unspecified atom stereocenters. The van der Waals surface area contributed by atoms with E-state index in [0.29, 0.717) is 12.2 Å². The van der Waals surface area contributed by atoms with Crippen LogP contribution < -0.4 is 9.62 Å². The highest BCUT2D eigenvalue weighted by Gasteiger charge is 2.22. The number of sulfonamides is 1. The van der Waals surface area contributed by atoms with Gasteiger partial charge in [0.2, 0.25) is 15.9 Å². The number of hydrogen-bond acceptors (Lipinski definition) is 4. The van der Waals surface area contributed by atoms with E-state index in [0.717, 1.165) is 38.6 Å². The van der Waals surface area contributed by atoms with Crippen LogP contribution in [0, 0.1) is 20.8 Å². The Bertz CT molecular complexity index is 1170. The van der Waals surface area contributed by atoms with Gasteiger partial charge in [-0.05, 0) is 38.0 Å². The van der Waals surface area contributed by atoms with Gasteiger partial charge in [-0.3, -0.25) is 13.8 Å². The molecule has 164 valence electrons. The zero-order valence-electron chi connectivity index (χ0n) is 18.3. The normalized spacial score (nSPS) is 11.4. The molecular weight excluding hydrogens is 412 g/mol. The average Bonchev–Trinajstić information content (AvgIpc) is 2.98. The molecule has 0 bridgehead atoms. The molecule has 1 N–H and O–H groups in total. The summed E-state index contributed by atoms with van der Waals surface area (Å²) in [6.45, 7) is 6.36. The number of carbonyl (C=O) groups is 1. The van der Waals surface area contributed by atoms with Gasteiger partial charge >= 0.3 is 0 Å². The fraction of sp³-hybridized carbons (Fsp3) is 0.304. The van der Waals surface area contributed by atoms with Crippen LogP contribution in [0.3, 0.4) is 0 Å². The Kier molecular flexibility index (Phi) is 6.80. The van der Waals surface area contributed by atoms with Gasteiger partial charge in [0.1, 0.15) is 6.54 Å². The molecule has 7 nitrogen and oxygen atoms in total. The van der Waals surface area contributed by atoms with Crippen LogP contribution in [-0.2, 0) is 27.9 Å². The maximum atomic E-state index is 12.6. The lowest BCUT2D eigenvalue weighted by Gasteiger charge is -2.23. The maximum Gasteiger partial charge on any atom is 0.241 e. The lowest BCUT2D eigenvalue weighted by molar-refractivity contribution is -0.119. The number of carbonyl (C=O) groups excluding carboxylic acids is 1. The monoisotopic (exact) mass is 440 g/mol. The number of rotatable bonds is 8. The molecule has 2 aromatic carbocycles. The summed E-state index contributed by atoms with van der Waals surface area (Å²) in [5, 5.41) is 7.45. The first-order chi connectivity index (χ1) is 14.7. The van der Waals surface area contributed by atoms with Crippen molar-refractivity contribution in [2.45, 2.75) is 33.9 Å². The Morgan fingerprint density at radius 2 is 1.68 bits per heavy atom. The van der Waals surface area contributed by atoms with Crippen molar-refractivity contribution in [1.29, 1.82) is 0 Å². The summed E-state index contributed by atoms with van der Waals surface area (Å²) in [7, 11) is -3.61. The number of aryl methyl sites for hydroxylation is 2. The summed E-state index contributed by atoms with van der Waals surface area (Å²) in [6.07, 6.45) is 1.11. The zero-order chi connectivity index (χ0) is 22.6. The summed E-state index contributed by atoms with van der Waals surface area (Å²) in [6, 6.07) is 17.2. The molecule has 31 heavy (non-hydrogen) atoms. The van der Waals surface area contributed by atoms with Crippen molar-refractivity contribution in [1.82, 2.24) is 15.1 Å². The van der Waals surface area contributed by atoms with Crippen LogP contribution in [0.5, 0.6) is 0 Å². The molecule has 0 saturated heterocycles. The molecule has 1 heterocycles. The molecule has 1 amide bonds. The van der Waals surface area contributed by atoms with Gasteiger partial charge in [0.05, 0.1) is 24.2 Å². The van der Waals surface area contributed by atoms with Crippen molar-refractivity contribution in [3.63, 3.8) is 0 Å². The van der Waals surface area contributed by atoms with Crippen molar-refractivity contribution in [2.24, 2.45) is 0 Å². The van der Waals surface area contributed by atoms with Gasteiger partial charge in [-0.15, -0.1) is 0 Å². The fourth-order valence-electron chi connectivity index (χ4n) is 3.50. The van der Waals surface area contributed by atoms with E-state index >= 15 is 0 Å². The molecule has 0 radical (unpaired) electrons. The Balaban J connectivity index is 1.71. The summed E-state index contributed by atoms with van der Waals surface area (Å²) >= 11 is 0. The quantitative estimate of drug-likeness (QED) is 0.584. The average molecular weight is 441 g/mol. The predicted molar refractivity (Wildman–Crippen MR) is 122 cm³/mol. The van der Waals surface area contributed by atoms with E-state index in [4.69, 9.17) is 0 Å². The van der Waals surface area contributed by atoms with Crippen molar-refractivity contribution in [2.75, 3.05) is 17.1 Å². The molecule has 1 aromatic heterocycles. The van der Waals surface area contributed by atoms with E-state index in [1.807, 2.05) is 67.9 Å². The molecule has 0 aliphatic rings. The molecular formula is C23H28N4O3S. The number of amides is 1. The number of nitrogens with zero attached hydrogens (tertiary/aromatic N) is 3. The molecule has 3 rings (SSSR count). The molecule has 0 aliphatic heterocycles. The van der Waals surface area contributed by atoms with Crippen LogP contribution in [-0.4, -0.2) is 36.9 Å². The van der Waals surface area contributed by atoms with Gasteiger partial charge in [0.15, 0.2) is 0 Å². The molecule has 0 fully saturated rings. The largest absolute Gasteiger partial charge is 0.350 e. The van der Waals surface area contributed by atoms with Crippen molar-refractivity contribution >= 4 is 21.6 Å². The summed E-state index contributed by atoms with van der Waals surface area (Å²) < 4.78 is 27.7. The lowest BCUT2D eigenvalue weighted by Crippen LogP contribution is -2.40. The highest BCUT2D eigenvalue weighted by Crippen LogP contribution is 2.22. The minimum Gasteiger partial charge on any atom is -0.350 e. The Morgan fingerprint density at radius 1 is 1.03 bits per heavy atom. The van der Waals surface area contributed by atoms with Gasteiger partial charge in [-0.1, -0.05) is 48.5 Å². The number of anilines is 1. The number of para-hydroxylation sites is 1. The second-order valence-electron chi connectivity index (χ2n) is 7.63. The highest BCUT2D eigenvalue weighted by molar-refractivity contribution is 7.92. The van der Waals surface area contributed by atoms with Crippen LogP contribution in [0.15, 0.2) is 54.6 Å². The van der Waals surface area contributed by atoms with E-state index in [9.17, 15) is 13.2 Å². The van der Waals surface area contributed by atoms with E-state index < -0.39 is 10.0 Å². The third-order valence-corrected chi connectivity index (χ3v) is 6.37. The van der Waals surface area contributed by atoms with Crippen molar-refractivity contribution in [3.05, 3.63) is 82.7 Å². The van der Waals surface area contributed by atoms with Crippen LogP contribution in [0.4, 0.5) is 5.69 Å². The van der Waals surface area contributed by atoms with E-state index in [1.165, 1.54) is 0 Å². The predicted octanol–water partition coefficient (Wildman–Crippen LogP) is 2.94. The SMILES string of the molecule is Cc1ccccc1N(CC(=O)NCc1c(C)nn(Cc2ccccc2)c1C)S(C)(=O)=O. The standard InChI is InChI=1S/C23H28N4O3S/c1-17-10-8-9-13-22(17)27(31(4,29)30)16-23(28)24-14-21-18(2)25-26(19(21)3)15-20-11-6-5-7-12-20/h5-13H,14-16H2,1-4H3,(H,24,28). The second-order valence-corrected chi connectivity index (χ2v) is 9.53. The third kappa shape index (κ3) is 5.52. The fourth-order valence-corrected chi connectivity index (χ4v) is 4.41. The van der Waals surface area contributed by atoms with E-state index in [1.54, 1.807) is 12.1 Å². The van der Waals surface area contributed by atoms with Crippen LogP contribution in [0.2, 0.25) is 0 Å². The number of benzene rings is 2. The van der Waals surface area contributed by atoms with E-state index in [2.05, 4.69) is 10.4 Å². The minimum absolute atomic E-state index is 0.278. The Morgan fingerprint density at radius 3 is 2.32 bits per heavy atom. The number of hydrogen-bond donors (Lipinski definition) is 1. The highest BCUT2D eigenvalue weighted by atomic mass is 32.2. The Hall–Kier alpha value is -3.13. The second kappa shape index (κ2) is 9.34. The molecule has 3 aromatic rings. The lowest BCUT2D eigenvalue weighted by atomic mass is 10.2. The number of nitrogens with one attached hydrogen (secondary N) is 1. The van der Waals surface area contributed by atoms with Crippen molar-refractivity contribution in [3.8, 4) is 0 Å². The number of aromatic nitrogens is 2. The van der Waals surface area contributed by atoms with Crippen LogP contribution in [0.1, 0.15) is 28.1 Å². The molecule has 8 heteroatoms. The van der Waals surface area contributed by atoms with Crippen molar-refractivity contribution < 1.29 is 13.2 Å². The van der Waals surface area contributed by atoms with Gasteiger partial charge < -0.3 is 5.32 Å². The zero-order valence-corrected chi connectivity index (χ0v) is 19.1. The van der Waals surface area contributed by atoms with Gasteiger partial charge in [-0.2, -0.15) is 5.10 Å². The Labute approximate surface area is 183 Å². The summed E-state index contributed by atoms with van der Waals surface area (Å²) in [5.41, 5.74) is 5.18. The van der Waals surface area contributed by atoms with Crippen LogP contribution >= 0.6 is 0 Å². The van der Waals surface area contributed by atoms with Crippen LogP contribution in [0.25, 0.3) is 0 Å². The first kappa shape index (κ1) is 22.6. The van der Waals surface area contributed by atoms with Gasteiger partial charge in [0, 0.05) is 17.8 Å². The summed E-state index contributed by atoms with van der Waals surface area (Å²) in [5.74, 6) is -0.372. The maximum absolute atomic E-state index is 12.6. The molecule has 0 saturated carbocycles. The molecule has 0 atom stereocenters. The molecule has 0 spiro atoms. The molecule has 0 aliphatic carbocycles. The minimum atomic E-state index is -3.61.